The Morgan fingerprint density at radius 1 is 1.26 bits per heavy atom. The molecule has 0 saturated carbocycles. The second-order valence-corrected chi connectivity index (χ2v) is 4.02. The lowest BCUT2D eigenvalue weighted by atomic mass is 10.2. The highest BCUT2D eigenvalue weighted by molar-refractivity contribution is 5.94. The molecule has 0 unspecified atom stereocenters. The molecule has 1 aromatic heterocycles. The molecule has 0 aliphatic carbocycles. The van der Waals surface area contributed by atoms with Gasteiger partial charge in [-0.1, -0.05) is 30.3 Å². The van der Waals surface area contributed by atoms with Crippen LogP contribution in [0.15, 0.2) is 42.7 Å². The molecule has 0 radical (unpaired) electrons. The Hall–Kier alpha value is -1.94. The standard InChI is InChI=1S/C14H16N2O2.ClH/c1-2-16-8-12(13(15)9-16)14(17)18-10-11-6-4-3-5-7-11;/h3-9H,2,10,15H2,1H3;1H. The van der Waals surface area contributed by atoms with Gasteiger partial charge in [-0.3, -0.25) is 0 Å². The fourth-order valence-corrected chi connectivity index (χ4v) is 1.68. The average molecular weight is 281 g/mol. The monoisotopic (exact) mass is 280 g/mol. The molecule has 0 spiro atoms. The van der Waals surface area contributed by atoms with E-state index < -0.39 is 0 Å². The summed E-state index contributed by atoms with van der Waals surface area (Å²) in [4.78, 5) is 11.9. The van der Waals surface area contributed by atoms with E-state index in [0.717, 1.165) is 12.1 Å². The Morgan fingerprint density at radius 2 is 1.95 bits per heavy atom. The first-order valence-corrected chi connectivity index (χ1v) is 5.87. The molecule has 2 aromatic rings. The van der Waals surface area contributed by atoms with E-state index in [2.05, 4.69) is 0 Å². The van der Waals surface area contributed by atoms with E-state index in [1.54, 1.807) is 12.4 Å². The number of nitrogens with zero attached hydrogens (tertiary/aromatic N) is 1. The van der Waals surface area contributed by atoms with Gasteiger partial charge in [-0.25, -0.2) is 4.79 Å². The number of ether oxygens (including phenoxy) is 1. The number of esters is 1. The van der Waals surface area contributed by atoms with Crippen LogP contribution in [0.3, 0.4) is 0 Å². The largest absolute Gasteiger partial charge is 0.457 e. The van der Waals surface area contributed by atoms with Gasteiger partial charge >= 0.3 is 5.97 Å². The molecule has 0 bridgehead atoms. The number of hydrogen-bond donors (Lipinski definition) is 1. The number of aryl methyl sites for hydroxylation is 1. The first kappa shape index (κ1) is 15.1. The number of nitrogens with two attached hydrogens (primary N) is 1. The summed E-state index contributed by atoms with van der Waals surface area (Å²) in [6.45, 7) is 3.02. The van der Waals surface area contributed by atoms with Crippen LogP contribution in [-0.2, 0) is 17.9 Å². The number of hydrogen-bond acceptors (Lipinski definition) is 3. The Kier molecular flexibility index (Phi) is 5.45. The van der Waals surface area contributed by atoms with Crippen molar-refractivity contribution in [1.82, 2.24) is 4.57 Å². The van der Waals surface area contributed by atoms with Crippen molar-refractivity contribution in [1.29, 1.82) is 0 Å². The van der Waals surface area contributed by atoms with Gasteiger partial charge in [0.25, 0.3) is 0 Å². The van der Waals surface area contributed by atoms with E-state index in [1.165, 1.54) is 0 Å². The van der Waals surface area contributed by atoms with Crippen molar-refractivity contribution in [2.24, 2.45) is 0 Å². The Balaban J connectivity index is 0.00000180. The third-order valence-corrected chi connectivity index (χ3v) is 2.71. The van der Waals surface area contributed by atoms with E-state index in [-0.39, 0.29) is 25.0 Å². The summed E-state index contributed by atoms with van der Waals surface area (Å²) in [5.41, 5.74) is 7.60. The topological polar surface area (TPSA) is 57.2 Å². The number of carbonyl (C=O) groups is 1. The molecule has 0 fully saturated rings. The smallest absolute Gasteiger partial charge is 0.342 e. The molecule has 0 amide bonds. The fourth-order valence-electron chi connectivity index (χ4n) is 1.68. The minimum atomic E-state index is -0.386. The highest BCUT2D eigenvalue weighted by atomic mass is 35.5. The summed E-state index contributed by atoms with van der Waals surface area (Å²) >= 11 is 0. The Bertz CT molecular complexity index is 538. The lowest BCUT2D eigenvalue weighted by molar-refractivity contribution is 0.0474. The van der Waals surface area contributed by atoms with Crippen LogP contribution in [0.4, 0.5) is 5.69 Å². The van der Waals surface area contributed by atoms with Crippen LogP contribution in [0.1, 0.15) is 22.8 Å². The van der Waals surface area contributed by atoms with Crippen LogP contribution >= 0.6 is 12.4 Å². The molecule has 19 heavy (non-hydrogen) atoms. The third kappa shape index (κ3) is 3.76. The molecule has 0 aliphatic heterocycles. The van der Waals surface area contributed by atoms with Gasteiger partial charge in [0.05, 0.1) is 5.69 Å². The van der Waals surface area contributed by atoms with Crippen molar-refractivity contribution in [2.45, 2.75) is 20.1 Å². The van der Waals surface area contributed by atoms with Crippen LogP contribution in [0.5, 0.6) is 0 Å². The Labute approximate surface area is 118 Å². The average Bonchev–Trinajstić information content (AvgIpc) is 2.78. The molecule has 102 valence electrons. The molecule has 4 nitrogen and oxygen atoms in total. The van der Waals surface area contributed by atoms with Crippen molar-refractivity contribution >= 4 is 24.1 Å². The second-order valence-electron chi connectivity index (χ2n) is 4.02. The highest BCUT2D eigenvalue weighted by Gasteiger charge is 2.13. The molecular formula is C14H17ClN2O2. The zero-order valence-electron chi connectivity index (χ0n) is 10.7. The van der Waals surface area contributed by atoms with Crippen molar-refractivity contribution < 1.29 is 9.53 Å². The quantitative estimate of drug-likeness (QED) is 0.876. The van der Waals surface area contributed by atoms with Gasteiger partial charge in [0, 0.05) is 18.9 Å². The van der Waals surface area contributed by atoms with Gasteiger partial charge < -0.3 is 15.0 Å². The van der Waals surface area contributed by atoms with E-state index >= 15 is 0 Å². The maximum Gasteiger partial charge on any atom is 0.342 e. The molecule has 0 atom stereocenters. The van der Waals surface area contributed by atoms with Crippen LogP contribution in [0.2, 0.25) is 0 Å². The summed E-state index contributed by atoms with van der Waals surface area (Å²) in [7, 11) is 0. The minimum Gasteiger partial charge on any atom is -0.457 e. The summed E-state index contributed by atoms with van der Waals surface area (Å²) in [5.74, 6) is -0.386. The van der Waals surface area contributed by atoms with Crippen molar-refractivity contribution in [3.63, 3.8) is 0 Å². The Morgan fingerprint density at radius 3 is 2.53 bits per heavy atom. The number of nitrogen functional groups attached to an aromatic ring is 1. The number of halogens is 1. The number of benzene rings is 1. The highest BCUT2D eigenvalue weighted by Crippen LogP contribution is 2.15. The normalized spacial score (nSPS) is 9.74. The maximum absolute atomic E-state index is 11.9. The molecule has 0 saturated heterocycles. The zero-order valence-corrected chi connectivity index (χ0v) is 11.5. The van der Waals surface area contributed by atoms with Gasteiger partial charge in [-0.15, -0.1) is 12.4 Å². The van der Waals surface area contributed by atoms with E-state index in [4.69, 9.17) is 10.5 Å². The van der Waals surface area contributed by atoms with Crippen LogP contribution < -0.4 is 5.73 Å². The second kappa shape index (κ2) is 6.85. The predicted octanol–water partition coefficient (Wildman–Crippen LogP) is 2.87. The van der Waals surface area contributed by atoms with Crippen molar-refractivity contribution in [3.05, 3.63) is 53.9 Å². The number of carbonyl (C=O) groups excluding carboxylic acids is 1. The van der Waals surface area contributed by atoms with Crippen LogP contribution in [0, 0.1) is 0 Å². The first-order chi connectivity index (χ1) is 8.70. The van der Waals surface area contributed by atoms with Gasteiger partial charge in [0.1, 0.15) is 12.2 Å². The third-order valence-electron chi connectivity index (χ3n) is 2.71. The lowest BCUT2D eigenvalue weighted by Crippen LogP contribution is -2.06. The summed E-state index contributed by atoms with van der Waals surface area (Å²) in [6, 6.07) is 9.56. The van der Waals surface area contributed by atoms with Crippen molar-refractivity contribution in [2.75, 3.05) is 5.73 Å². The van der Waals surface area contributed by atoms with Gasteiger partial charge in [0.2, 0.25) is 0 Å². The van der Waals surface area contributed by atoms with E-state index in [1.807, 2.05) is 41.8 Å². The summed E-state index contributed by atoms with van der Waals surface area (Å²) < 4.78 is 7.08. The number of rotatable bonds is 4. The molecule has 5 heteroatoms. The van der Waals surface area contributed by atoms with E-state index in [0.29, 0.717) is 11.3 Å². The minimum absolute atomic E-state index is 0. The molecule has 0 aliphatic rings. The maximum atomic E-state index is 11.9. The van der Waals surface area contributed by atoms with Crippen LogP contribution in [-0.4, -0.2) is 10.5 Å². The van der Waals surface area contributed by atoms with Gasteiger partial charge in [-0.2, -0.15) is 0 Å². The summed E-state index contributed by atoms with van der Waals surface area (Å²) in [6.07, 6.45) is 3.45. The fraction of sp³-hybridized carbons (Fsp3) is 0.214. The number of anilines is 1. The van der Waals surface area contributed by atoms with E-state index in [9.17, 15) is 4.79 Å². The van der Waals surface area contributed by atoms with Crippen LogP contribution in [0.25, 0.3) is 0 Å². The molecule has 1 heterocycles. The SMILES string of the molecule is CCn1cc(N)c(C(=O)OCc2ccccc2)c1.Cl. The molecule has 2 rings (SSSR count). The van der Waals surface area contributed by atoms with Crippen molar-refractivity contribution in [3.8, 4) is 0 Å². The predicted molar refractivity (Wildman–Crippen MR) is 77.3 cm³/mol. The van der Waals surface area contributed by atoms with Gasteiger partial charge in [0.15, 0.2) is 0 Å². The van der Waals surface area contributed by atoms with Gasteiger partial charge in [-0.05, 0) is 12.5 Å². The first-order valence-electron chi connectivity index (χ1n) is 5.87. The number of aromatic nitrogens is 1. The molecular weight excluding hydrogens is 264 g/mol. The lowest BCUT2D eigenvalue weighted by Gasteiger charge is -2.04. The zero-order chi connectivity index (χ0) is 13.0. The molecule has 2 N–H and O–H groups in total. The summed E-state index contributed by atoms with van der Waals surface area (Å²) in [5, 5.41) is 0. The molecule has 1 aromatic carbocycles.